The number of aliphatic hydroxyl groups excluding tert-OH is 1. The summed E-state index contributed by atoms with van der Waals surface area (Å²) in [6.07, 6.45) is 5.68. The van der Waals surface area contributed by atoms with Gasteiger partial charge in [0.2, 0.25) is 11.8 Å². The molecular weight excluding hydrogens is 352 g/mol. The minimum atomic E-state index is -0.479. The standard InChI is InChI=1S/C23H40N2O3/c1-14-8-12-25(13-9-14)22(28)15(2)18-6-10-23(5)11-7-19(24-17(4)26)16(3)20(23)21(18)27/h14-16,18-21,27H,6-13H2,1-5H3,(H,24,26)/t15-,16+,18+,19-,20+,21-,23-/m0/s1. The number of amides is 2. The molecule has 7 atom stereocenters. The van der Waals surface area contributed by atoms with Crippen molar-refractivity contribution in [2.24, 2.45) is 35.0 Å². The molecule has 0 aromatic rings. The number of nitrogens with one attached hydrogen (secondary N) is 1. The molecule has 3 aliphatic rings. The summed E-state index contributed by atoms with van der Waals surface area (Å²) < 4.78 is 0. The first kappa shape index (κ1) is 21.6. The molecule has 0 radical (unpaired) electrons. The molecule has 1 saturated heterocycles. The lowest BCUT2D eigenvalue weighted by molar-refractivity contribution is -0.151. The summed E-state index contributed by atoms with van der Waals surface area (Å²) >= 11 is 0. The van der Waals surface area contributed by atoms with Crippen LogP contribution in [0.5, 0.6) is 0 Å². The number of nitrogens with zero attached hydrogens (tertiary/aromatic N) is 1. The SMILES string of the molecule is CC(=O)N[C@H]1CC[C@]2(C)CC[C@H]([C@H](C)C(=O)N3CCC(C)CC3)[C@H](O)[C@H]2[C@@H]1C. The van der Waals surface area contributed by atoms with Crippen LogP contribution in [0.4, 0.5) is 0 Å². The van der Waals surface area contributed by atoms with Crippen LogP contribution in [0, 0.1) is 35.0 Å². The van der Waals surface area contributed by atoms with Crippen molar-refractivity contribution in [1.82, 2.24) is 10.2 Å². The van der Waals surface area contributed by atoms with E-state index >= 15 is 0 Å². The second-order valence-electron chi connectivity index (χ2n) is 10.4. The number of hydrogen-bond acceptors (Lipinski definition) is 3. The van der Waals surface area contributed by atoms with Gasteiger partial charge in [-0.25, -0.2) is 0 Å². The molecule has 5 heteroatoms. The van der Waals surface area contributed by atoms with E-state index in [-0.39, 0.29) is 46.9 Å². The quantitative estimate of drug-likeness (QED) is 0.775. The van der Waals surface area contributed by atoms with Gasteiger partial charge in [0.15, 0.2) is 0 Å². The second kappa shape index (κ2) is 8.33. The van der Waals surface area contributed by atoms with Gasteiger partial charge in [-0.15, -0.1) is 0 Å². The summed E-state index contributed by atoms with van der Waals surface area (Å²) in [4.78, 5) is 26.8. The molecule has 2 saturated carbocycles. The van der Waals surface area contributed by atoms with Crippen LogP contribution < -0.4 is 5.32 Å². The molecule has 2 amide bonds. The molecule has 0 aromatic carbocycles. The fraction of sp³-hybridized carbons (Fsp3) is 0.913. The zero-order valence-electron chi connectivity index (χ0n) is 18.4. The highest BCUT2D eigenvalue weighted by atomic mass is 16.3. The van der Waals surface area contributed by atoms with E-state index in [2.05, 4.69) is 26.1 Å². The van der Waals surface area contributed by atoms with Crippen LogP contribution in [-0.4, -0.2) is 47.1 Å². The van der Waals surface area contributed by atoms with Gasteiger partial charge in [0.25, 0.3) is 0 Å². The molecule has 3 fully saturated rings. The van der Waals surface area contributed by atoms with E-state index in [1.54, 1.807) is 6.92 Å². The number of rotatable bonds is 3. The minimum absolute atomic E-state index is 0.00479. The Labute approximate surface area is 170 Å². The predicted molar refractivity (Wildman–Crippen MR) is 110 cm³/mol. The van der Waals surface area contributed by atoms with E-state index in [9.17, 15) is 14.7 Å². The van der Waals surface area contributed by atoms with Crippen LogP contribution in [-0.2, 0) is 9.59 Å². The van der Waals surface area contributed by atoms with Crippen LogP contribution in [0.1, 0.15) is 73.1 Å². The molecule has 3 rings (SSSR count). The van der Waals surface area contributed by atoms with E-state index < -0.39 is 6.10 Å². The molecule has 0 bridgehead atoms. The van der Waals surface area contributed by atoms with Crippen molar-refractivity contribution in [3.8, 4) is 0 Å². The Kier molecular flexibility index (Phi) is 6.43. The molecule has 0 unspecified atom stereocenters. The topological polar surface area (TPSA) is 69.6 Å². The summed E-state index contributed by atoms with van der Waals surface area (Å²) in [6.45, 7) is 12.0. The molecule has 0 aromatic heterocycles. The van der Waals surface area contributed by atoms with Gasteiger partial charge in [0, 0.05) is 32.0 Å². The Morgan fingerprint density at radius 2 is 1.71 bits per heavy atom. The average molecular weight is 393 g/mol. The summed E-state index contributed by atoms with van der Waals surface area (Å²) in [5.74, 6) is 1.16. The second-order valence-corrected chi connectivity index (χ2v) is 10.4. The van der Waals surface area contributed by atoms with Crippen molar-refractivity contribution < 1.29 is 14.7 Å². The zero-order valence-corrected chi connectivity index (χ0v) is 18.4. The molecule has 5 nitrogen and oxygen atoms in total. The van der Waals surface area contributed by atoms with Crippen molar-refractivity contribution >= 4 is 11.8 Å². The molecule has 160 valence electrons. The normalized spacial score (nSPS) is 40.5. The fourth-order valence-electron chi connectivity index (χ4n) is 6.46. The minimum Gasteiger partial charge on any atom is -0.392 e. The lowest BCUT2D eigenvalue weighted by Crippen LogP contribution is -2.58. The van der Waals surface area contributed by atoms with Crippen molar-refractivity contribution in [2.45, 2.75) is 85.3 Å². The van der Waals surface area contributed by atoms with Crippen molar-refractivity contribution in [2.75, 3.05) is 13.1 Å². The van der Waals surface area contributed by atoms with Crippen LogP contribution >= 0.6 is 0 Å². The third-order valence-electron chi connectivity index (χ3n) is 8.40. The summed E-state index contributed by atoms with van der Waals surface area (Å²) in [7, 11) is 0. The highest BCUT2D eigenvalue weighted by molar-refractivity contribution is 5.79. The number of carbonyl (C=O) groups excluding carboxylic acids is 2. The van der Waals surface area contributed by atoms with Gasteiger partial charge in [0.05, 0.1) is 6.10 Å². The third kappa shape index (κ3) is 4.10. The average Bonchev–Trinajstić information content (AvgIpc) is 2.63. The zero-order chi connectivity index (χ0) is 20.6. The lowest BCUT2D eigenvalue weighted by Gasteiger charge is -2.56. The monoisotopic (exact) mass is 392 g/mol. The Bertz CT molecular complexity index is 586. The van der Waals surface area contributed by atoms with Crippen LogP contribution in [0.2, 0.25) is 0 Å². The fourth-order valence-corrected chi connectivity index (χ4v) is 6.46. The number of piperidine rings is 1. The Balaban J connectivity index is 1.72. The van der Waals surface area contributed by atoms with Crippen molar-refractivity contribution in [1.29, 1.82) is 0 Å². The highest BCUT2D eigenvalue weighted by Gasteiger charge is 2.54. The van der Waals surface area contributed by atoms with E-state index in [0.717, 1.165) is 51.6 Å². The molecule has 1 aliphatic heterocycles. The smallest absolute Gasteiger partial charge is 0.225 e. The van der Waals surface area contributed by atoms with Crippen LogP contribution in [0.3, 0.4) is 0 Å². The van der Waals surface area contributed by atoms with E-state index in [1.807, 2.05) is 11.8 Å². The predicted octanol–water partition coefficient (Wildman–Crippen LogP) is 3.21. The molecular formula is C23H40N2O3. The van der Waals surface area contributed by atoms with E-state index in [1.165, 1.54) is 0 Å². The number of fused-ring (bicyclic) bond motifs is 1. The van der Waals surface area contributed by atoms with Gasteiger partial charge in [0.1, 0.15) is 0 Å². The van der Waals surface area contributed by atoms with Crippen molar-refractivity contribution in [3.63, 3.8) is 0 Å². The van der Waals surface area contributed by atoms with Gasteiger partial charge in [-0.2, -0.15) is 0 Å². The maximum absolute atomic E-state index is 13.1. The van der Waals surface area contributed by atoms with Gasteiger partial charge in [-0.1, -0.05) is 27.7 Å². The first-order chi connectivity index (χ1) is 13.1. The molecule has 2 N–H and O–H groups in total. The van der Waals surface area contributed by atoms with E-state index in [0.29, 0.717) is 5.92 Å². The molecule has 1 heterocycles. The number of aliphatic hydroxyl groups is 1. The maximum Gasteiger partial charge on any atom is 0.225 e. The molecule has 2 aliphatic carbocycles. The molecule has 28 heavy (non-hydrogen) atoms. The Morgan fingerprint density at radius 3 is 2.32 bits per heavy atom. The Morgan fingerprint density at radius 1 is 1.11 bits per heavy atom. The third-order valence-corrected chi connectivity index (χ3v) is 8.40. The molecule has 0 spiro atoms. The van der Waals surface area contributed by atoms with Gasteiger partial charge in [-0.3, -0.25) is 9.59 Å². The Hall–Kier alpha value is -1.10. The van der Waals surface area contributed by atoms with Crippen LogP contribution in [0.25, 0.3) is 0 Å². The maximum atomic E-state index is 13.1. The summed E-state index contributed by atoms with van der Waals surface area (Å²) in [5.41, 5.74) is 0.105. The number of hydrogen-bond donors (Lipinski definition) is 2. The van der Waals surface area contributed by atoms with Crippen molar-refractivity contribution in [3.05, 3.63) is 0 Å². The number of carbonyl (C=O) groups is 2. The van der Waals surface area contributed by atoms with Gasteiger partial charge >= 0.3 is 0 Å². The summed E-state index contributed by atoms with van der Waals surface area (Å²) in [6, 6.07) is 0.124. The largest absolute Gasteiger partial charge is 0.392 e. The van der Waals surface area contributed by atoms with Gasteiger partial charge in [-0.05, 0) is 67.6 Å². The van der Waals surface area contributed by atoms with Crippen LogP contribution in [0.15, 0.2) is 0 Å². The first-order valence-corrected chi connectivity index (χ1v) is 11.4. The lowest BCUT2D eigenvalue weighted by atomic mass is 9.51. The first-order valence-electron chi connectivity index (χ1n) is 11.4. The van der Waals surface area contributed by atoms with E-state index in [4.69, 9.17) is 0 Å². The number of likely N-dealkylation sites (tertiary alicyclic amines) is 1. The van der Waals surface area contributed by atoms with Gasteiger partial charge < -0.3 is 15.3 Å². The highest BCUT2D eigenvalue weighted by Crippen LogP contribution is 2.55. The summed E-state index contributed by atoms with van der Waals surface area (Å²) in [5, 5.41) is 14.5.